The maximum absolute atomic E-state index is 9.10. The lowest BCUT2D eigenvalue weighted by atomic mass is 9.95. The number of anilines is 1. The van der Waals surface area contributed by atoms with E-state index in [1.165, 1.54) is 0 Å². The molecule has 0 radical (unpaired) electrons. The van der Waals surface area contributed by atoms with Gasteiger partial charge < -0.3 is 10.4 Å². The Bertz CT molecular complexity index is 537. The Balaban J connectivity index is 2.26. The minimum absolute atomic E-state index is 0.157. The van der Waals surface area contributed by atoms with Crippen LogP contribution < -0.4 is 5.32 Å². The van der Waals surface area contributed by atoms with Crippen LogP contribution in [0.15, 0.2) is 18.3 Å². The molecule has 2 N–H and O–H groups in total. The first kappa shape index (κ1) is 12.8. The smallest absolute Gasteiger partial charge is 0.243 e. The van der Waals surface area contributed by atoms with Crippen molar-refractivity contribution in [3.05, 3.63) is 23.9 Å². The Labute approximate surface area is 107 Å². The van der Waals surface area contributed by atoms with Crippen molar-refractivity contribution in [1.29, 1.82) is 0 Å². The van der Waals surface area contributed by atoms with Crippen LogP contribution in [0.1, 0.15) is 32.3 Å². The largest absolute Gasteiger partial charge is 0.396 e. The minimum Gasteiger partial charge on any atom is -0.396 e. The van der Waals surface area contributed by atoms with E-state index in [4.69, 9.17) is 5.11 Å². The van der Waals surface area contributed by atoms with Crippen LogP contribution in [0, 0.1) is 6.92 Å². The zero-order valence-electron chi connectivity index (χ0n) is 11.1. The van der Waals surface area contributed by atoms with Crippen LogP contribution in [0.5, 0.6) is 0 Å². The van der Waals surface area contributed by atoms with Gasteiger partial charge in [-0.1, -0.05) is 6.92 Å². The SMILES string of the molecule is CCC(C)(CCO)Nc1nc2cc(C)ccn2n1. The summed E-state index contributed by atoms with van der Waals surface area (Å²) in [4.78, 5) is 4.45. The molecule has 1 atom stereocenters. The fourth-order valence-electron chi connectivity index (χ4n) is 1.88. The molecule has 2 rings (SSSR count). The van der Waals surface area contributed by atoms with E-state index in [-0.39, 0.29) is 12.1 Å². The van der Waals surface area contributed by atoms with Crippen LogP contribution in [-0.2, 0) is 0 Å². The summed E-state index contributed by atoms with van der Waals surface area (Å²) in [7, 11) is 0. The number of nitrogens with one attached hydrogen (secondary N) is 1. The third kappa shape index (κ3) is 2.61. The van der Waals surface area contributed by atoms with Gasteiger partial charge in [0, 0.05) is 18.3 Å². The van der Waals surface area contributed by atoms with Crippen LogP contribution in [0.4, 0.5) is 5.95 Å². The second kappa shape index (κ2) is 4.94. The van der Waals surface area contributed by atoms with Crippen molar-refractivity contribution >= 4 is 11.6 Å². The molecule has 2 heterocycles. The lowest BCUT2D eigenvalue weighted by Crippen LogP contribution is -2.35. The molecule has 5 nitrogen and oxygen atoms in total. The molecule has 18 heavy (non-hydrogen) atoms. The molecule has 2 aromatic heterocycles. The molecule has 0 amide bonds. The monoisotopic (exact) mass is 248 g/mol. The predicted molar refractivity (Wildman–Crippen MR) is 71.7 cm³/mol. The number of hydrogen-bond acceptors (Lipinski definition) is 4. The van der Waals surface area contributed by atoms with Gasteiger partial charge in [-0.05, 0) is 44.4 Å². The summed E-state index contributed by atoms with van der Waals surface area (Å²) in [6.45, 7) is 6.34. The molecular weight excluding hydrogens is 228 g/mol. The van der Waals surface area contributed by atoms with Gasteiger partial charge in [0.2, 0.25) is 5.95 Å². The van der Waals surface area contributed by atoms with Gasteiger partial charge in [0.25, 0.3) is 0 Å². The van der Waals surface area contributed by atoms with Crippen LogP contribution in [0.2, 0.25) is 0 Å². The fraction of sp³-hybridized carbons (Fsp3) is 0.538. The molecule has 0 saturated heterocycles. The molecule has 0 aliphatic carbocycles. The summed E-state index contributed by atoms with van der Waals surface area (Å²) in [5.74, 6) is 0.610. The maximum atomic E-state index is 9.10. The van der Waals surface area contributed by atoms with E-state index in [2.05, 4.69) is 29.2 Å². The van der Waals surface area contributed by atoms with Crippen LogP contribution in [0.25, 0.3) is 5.65 Å². The van der Waals surface area contributed by atoms with Gasteiger partial charge in [-0.2, -0.15) is 4.98 Å². The molecule has 5 heteroatoms. The Morgan fingerprint density at radius 3 is 2.94 bits per heavy atom. The number of pyridine rings is 1. The Morgan fingerprint density at radius 2 is 2.28 bits per heavy atom. The number of aryl methyl sites for hydroxylation is 1. The van der Waals surface area contributed by atoms with Gasteiger partial charge in [0.15, 0.2) is 5.65 Å². The average molecular weight is 248 g/mol. The number of nitrogens with zero attached hydrogens (tertiary/aromatic N) is 3. The Morgan fingerprint density at radius 1 is 1.50 bits per heavy atom. The number of aromatic nitrogens is 3. The summed E-state index contributed by atoms with van der Waals surface area (Å²) in [6.07, 6.45) is 3.48. The predicted octanol–water partition coefficient (Wildman–Crippen LogP) is 2.00. The highest BCUT2D eigenvalue weighted by molar-refractivity contribution is 5.46. The van der Waals surface area contributed by atoms with E-state index in [1.807, 2.05) is 25.3 Å². The van der Waals surface area contributed by atoms with E-state index in [1.54, 1.807) is 4.52 Å². The first-order valence-electron chi connectivity index (χ1n) is 6.28. The summed E-state index contributed by atoms with van der Waals surface area (Å²) in [6, 6.07) is 3.99. The Hall–Kier alpha value is -1.62. The van der Waals surface area contributed by atoms with Crippen molar-refractivity contribution in [2.24, 2.45) is 0 Å². The highest BCUT2D eigenvalue weighted by atomic mass is 16.3. The van der Waals surface area contributed by atoms with Crippen molar-refractivity contribution in [3.63, 3.8) is 0 Å². The molecule has 0 saturated carbocycles. The second-order valence-corrected chi connectivity index (χ2v) is 4.96. The molecule has 0 fully saturated rings. The van der Waals surface area contributed by atoms with Crippen molar-refractivity contribution in [2.45, 2.75) is 39.2 Å². The molecule has 98 valence electrons. The van der Waals surface area contributed by atoms with Gasteiger partial charge in [-0.15, -0.1) is 5.10 Å². The zero-order chi connectivity index (χ0) is 13.2. The lowest BCUT2D eigenvalue weighted by molar-refractivity contribution is 0.251. The number of fused-ring (bicyclic) bond motifs is 1. The molecule has 0 aliphatic heterocycles. The summed E-state index contributed by atoms with van der Waals surface area (Å²) in [5.41, 5.74) is 1.82. The van der Waals surface area contributed by atoms with E-state index < -0.39 is 0 Å². The normalized spacial score (nSPS) is 14.7. The van der Waals surface area contributed by atoms with E-state index in [0.29, 0.717) is 12.4 Å². The summed E-state index contributed by atoms with van der Waals surface area (Å²) >= 11 is 0. The van der Waals surface area contributed by atoms with E-state index >= 15 is 0 Å². The van der Waals surface area contributed by atoms with Gasteiger partial charge in [-0.3, -0.25) is 0 Å². The standard InChI is InChI=1S/C13H20N4O/c1-4-13(3,6-8-18)15-12-14-11-9-10(2)5-7-17(11)16-12/h5,7,9,18H,4,6,8H2,1-3H3,(H,15,16). The van der Waals surface area contributed by atoms with Gasteiger partial charge in [0.1, 0.15) is 0 Å². The molecule has 0 aliphatic rings. The quantitative estimate of drug-likeness (QED) is 0.849. The highest BCUT2D eigenvalue weighted by Gasteiger charge is 2.22. The molecule has 0 spiro atoms. The Kier molecular flexibility index (Phi) is 3.52. The van der Waals surface area contributed by atoms with Crippen LogP contribution in [-0.4, -0.2) is 31.9 Å². The summed E-state index contributed by atoms with van der Waals surface area (Å²) < 4.78 is 1.75. The molecule has 0 aromatic carbocycles. The number of rotatable bonds is 5. The van der Waals surface area contributed by atoms with Crippen LogP contribution >= 0.6 is 0 Å². The van der Waals surface area contributed by atoms with Crippen molar-refractivity contribution in [2.75, 3.05) is 11.9 Å². The zero-order valence-corrected chi connectivity index (χ0v) is 11.1. The number of hydrogen-bond donors (Lipinski definition) is 2. The summed E-state index contributed by atoms with van der Waals surface area (Å²) in [5, 5.41) is 16.8. The van der Waals surface area contributed by atoms with Gasteiger partial charge in [0.05, 0.1) is 0 Å². The van der Waals surface area contributed by atoms with Crippen molar-refractivity contribution in [3.8, 4) is 0 Å². The first-order chi connectivity index (χ1) is 8.56. The van der Waals surface area contributed by atoms with Crippen LogP contribution in [0.3, 0.4) is 0 Å². The molecule has 1 unspecified atom stereocenters. The lowest BCUT2D eigenvalue weighted by Gasteiger charge is -2.28. The van der Waals surface area contributed by atoms with Crippen molar-refractivity contribution in [1.82, 2.24) is 14.6 Å². The second-order valence-electron chi connectivity index (χ2n) is 4.96. The molecule has 0 bridgehead atoms. The topological polar surface area (TPSA) is 62.5 Å². The first-order valence-corrected chi connectivity index (χ1v) is 6.28. The average Bonchev–Trinajstić information content (AvgIpc) is 2.70. The van der Waals surface area contributed by atoms with E-state index in [9.17, 15) is 0 Å². The number of aliphatic hydroxyl groups is 1. The maximum Gasteiger partial charge on any atom is 0.243 e. The molecule has 2 aromatic rings. The minimum atomic E-state index is -0.172. The molecular formula is C13H20N4O. The van der Waals surface area contributed by atoms with Crippen molar-refractivity contribution < 1.29 is 5.11 Å². The third-order valence-corrected chi connectivity index (χ3v) is 3.35. The fourth-order valence-corrected chi connectivity index (χ4v) is 1.88. The van der Waals surface area contributed by atoms with Gasteiger partial charge >= 0.3 is 0 Å². The number of aliphatic hydroxyl groups excluding tert-OH is 1. The van der Waals surface area contributed by atoms with E-state index in [0.717, 1.165) is 17.6 Å². The highest BCUT2D eigenvalue weighted by Crippen LogP contribution is 2.20. The van der Waals surface area contributed by atoms with Gasteiger partial charge in [-0.25, -0.2) is 4.52 Å². The third-order valence-electron chi connectivity index (χ3n) is 3.35.